The number of amides is 1. The standard InChI is InChI=1S/C35H25Cl2N3O3/c1-19-9-10-22(35(42)43)16-27(19)39-34(41)31-30-29-26(17-24(37)18-28(29)38-31)32(21-11-13-23(36)14-12-21)40-15-5-8-25(33(30)40)20-6-3-2-4-7-20/h2-4,6-11,13-18,21,32,38H,12H2,1H3,(H,39,41)(H,42,43). The number of fused-ring (bicyclic) bond motifs is 2. The number of anilines is 1. The molecule has 0 spiro atoms. The number of aromatic carboxylic acids is 1. The van der Waals surface area contributed by atoms with Crippen LogP contribution in [0.15, 0.2) is 102 Å². The minimum atomic E-state index is -1.07. The molecule has 0 bridgehead atoms. The van der Waals surface area contributed by atoms with Crippen LogP contribution >= 0.6 is 23.2 Å². The van der Waals surface area contributed by atoms with Crippen molar-refractivity contribution in [2.75, 3.05) is 5.32 Å². The van der Waals surface area contributed by atoms with E-state index < -0.39 is 5.97 Å². The molecule has 7 rings (SSSR count). The van der Waals surface area contributed by atoms with Crippen molar-refractivity contribution in [2.24, 2.45) is 5.92 Å². The molecular weight excluding hydrogens is 581 g/mol. The third-order valence-electron chi connectivity index (χ3n) is 8.24. The second kappa shape index (κ2) is 10.5. The maximum Gasteiger partial charge on any atom is 0.335 e. The molecule has 1 aliphatic carbocycles. The Morgan fingerprint density at radius 2 is 1.91 bits per heavy atom. The SMILES string of the molecule is Cc1ccc(C(=O)O)cc1NC(=O)c1[nH]c2cc(Cl)cc3c2c1C1=C(c2ccccc2)C=C=CN1C3C1C=CC(Cl)=CC1. The molecule has 4 aromatic rings. The highest BCUT2D eigenvalue weighted by molar-refractivity contribution is 6.32. The van der Waals surface area contributed by atoms with Gasteiger partial charge in [0.2, 0.25) is 0 Å². The third kappa shape index (κ3) is 4.61. The number of H-pyrrole nitrogens is 1. The lowest BCUT2D eigenvalue weighted by Gasteiger charge is -2.42. The Morgan fingerprint density at radius 3 is 2.65 bits per heavy atom. The van der Waals surface area contributed by atoms with E-state index in [4.69, 9.17) is 23.2 Å². The van der Waals surface area contributed by atoms with E-state index in [1.165, 1.54) is 12.1 Å². The molecule has 6 nitrogen and oxygen atoms in total. The maximum atomic E-state index is 14.1. The van der Waals surface area contributed by atoms with Gasteiger partial charge in [0.1, 0.15) is 5.69 Å². The highest BCUT2D eigenvalue weighted by atomic mass is 35.5. The predicted octanol–water partition coefficient (Wildman–Crippen LogP) is 8.69. The molecule has 0 fully saturated rings. The van der Waals surface area contributed by atoms with Gasteiger partial charge in [0.25, 0.3) is 5.91 Å². The number of rotatable bonds is 5. The molecule has 0 radical (unpaired) electrons. The number of aryl methyl sites for hydroxylation is 1. The first-order valence-corrected chi connectivity index (χ1v) is 14.6. The minimum Gasteiger partial charge on any atom is -0.478 e. The number of nitrogens with zero attached hydrogens (tertiary/aromatic N) is 1. The molecule has 1 amide bonds. The lowest BCUT2D eigenvalue weighted by Crippen LogP contribution is -2.33. The summed E-state index contributed by atoms with van der Waals surface area (Å²) in [6.07, 6.45) is 10.7. The number of aromatic amines is 1. The fourth-order valence-electron chi connectivity index (χ4n) is 6.27. The lowest BCUT2D eigenvalue weighted by atomic mass is 9.79. The van der Waals surface area contributed by atoms with Crippen LogP contribution in [0.2, 0.25) is 5.02 Å². The molecule has 3 heterocycles. The number of carboxylic acid groups (broad SMARTS) is 1. The zero-order chi connectivity index (χ0) is 29.8. The minimum absolute atomic E-state index is 0.0778. The van der Waals surface area contributed by atoms with Crippen molar-refractivity contribution in [3.63, 3.8) is 0 Å². The van der Waals surface area contributed by atoms with E-state index in [0.29, 0.717) is 21.4 Å². The van der Waals surface area contributed by atoms with E-state index in [1.54, 1.807) is 6.07 Å². The molecule has 1 aromatic heterocycles. The van der Waals surface area contributed by atoms with Crippen molar-refractivity contribution in [2.45, 2.75) is 19.4 Å². The van der Waals surface area contributed by atoms with Gasteiger partial charge in [-0.05, 0) is 66.5 Å². The Morgan fingerprint density at radius 1 is 1.09 bits per heavy atom. The molecule has 8 heteroatoms. The lowest BCUT2D eigenvalue weighted by molar-refractivity contribution is 0.0696. The van der Waals surface area contributed by atoms with Gasteiger partial charge in [0.05, 0.1) is 17.3 Å². The zero-order valence-electron chi connectivity index (χ0n) is 23.0. The number of carboxylic acids is 1. The molecule has 212 valence electrons. The summed E-state index contributed by atoms with van der Waals surface area (Å²) in [6, 6.07) is 18.4. The van der Waals surface area contributed by atoms with Crippen molar-refractivity contribution in [3.8, 4) is 0 Å². The first-order valence-electron chi connectivity index (χ1n) is 13.9. The molecule has 2 aliphatic heterocycles. The number of nitrogens with one attached hydrogen (secondary N) is 2. The number of allylic oxidation sites excluding steroid dienone is 5. The van der Waals surface area contributed by atoms with Crippen molar-refractivity contribution < 1.29 is 14.7 Å². The number of halogens is 2. The van der Waals surface area contributed by atoms with Gasteiger partial charge in [-0.2, -0.15) is 0 Å². The van der Waals surface area contributed by atoms with Crippen molar-refractivity contribution in [1.82, 2.24) is 9.88 Å². The molecule has 0 saturated carbocycles. The van der Waals surface area contributed by atoms with Gasteiger partial charge in [-0.25, -0.2) is 4.79 Å². The molecule has 3 aliphatic rings. The molecule has 3 N–H and O–H groups in total. The second-order valence-corrected chi connectivity index (χ2v) is 11.7. The summed E-state index contributed by atoms with van der Waals surface area (Å²) in [6.45, 7) is 1.83. The molecular formula is C35H25Cl2N3O3. The topological polar surface area (TPSA) is 85.4 Å². The number of carbonyl (C=O) groups is 2. The Labute approximate surface area is 257 Å². The summed E-state index contributed by atoms with van der Waals surface area (Å²) in [7, 11) is 0. The van der Waals surface area contributed by atoms with Crippen LogP contribution in [-0.4, -0.2) is 26.9 Å². The average Bonchev–Trinajstić information content (AvgIpc) is 3.39. The average molecular weight is 607 g/mol. The Kier molecular flexibility index (Phi) is 6.63. The molecule has 3 aromatic carbocycles. The van der Waals surface area contributed by atoms with Gasteiger partial charge in [0, 0.05) is 49.9 Å². The first-order chi connectivity index (χ1) is 20.8. The van der Waals surface area contributed by atoms with Gasteiger partial charge in [-0.3, -0.25) is 4.79 Å². The van der Waals surface area contributed by atoms with Crippen molar-refractivity contribution in [3.05, 3.63) is 140 Å². The zero-order valence-corrected chi connectivity index (χ0v) is 24.5. The Hall–Kier alpha value is -4.74. The van der Waals surface area contributed by atoms with Gasteiger partial charge in [-0.1, -0.05) is 71.8 Å². The summed E-state index contributed by atoms with van der Waals surface area (Å²) in [4.78, 5) is 31.3. The van der Waals surface area contributed by atoms with Crippen LogP contribution in [0.4, 0.5) is 5.69 Å². The number of hydrogen-bond acceptors (Lipinski definition) is 3. The number of hydrogen-bond donors (Lipinski definition) is 3. The second-order valence-electron chi connectivity index (χ2n) is 10.8. The predicted molar refractivity (Wildman–Crippen MR) is 171 cm³/mol. The summed E-state index contributed by atoms with van der Waals surface area (Å²) in [5.74, 6) is -1.37. The number of benzene rings is 3. The van der Waals surface area contributed by atoms with E-state index in [-0.39, 0.29) is 23.4 Å². The Balaban J connectivity index is 1.48. The smallest absolute Gasteiger partial charge is 0.335 e. The van der Waals surface area contributed by atoms with Crippen LogP contribution < -0.4 is 5.32 Å². The van der Waals surface area contributed by atoms with Gasteiger partial charge in [-0.15, -0.1) is 5.73 Å². The van der Waals surface area contributed by atoms with Crippen LogP contribution in [0.5, 0.6) is 0 Å². The van der Waals surface area contributed by atoms with Gasteiger partial charge >= 0.3 is 5.97 Å². The number of carbonyl (C=O) groups excluding carboxylic acids is 1. The summed E-state index contributed by atoms with van der Waals surface area (Å²) in [5.41, 5.74) is 10.3. The fourth-order valence-corrected chi connectivity index (χ4v) is 6.66. The highest BCUT2D eigenvalue weighted by Crippen LogP contribution is 2.52. The summed E-state index contributed by atoms with van der Waals surface area (Å²) >= 11 is 13.0. The van der Waals surface area contributed by atoms with Crippen LogP contribution in [0, 0.1) is 12.8 Å². The van der Waals surface area contributed by atoms with E-state index in [9.17, 15) is 14.7 Å². The quantitative estimate of drug-likeness (QED) is 0.199. The van der Waals surface area contributed by atoms with Crippen LogP contribution in [0.3, 0.4) is 0 Å². The largest absolute Gasteiger partial charge is 0.478 e. The van der Waals surface area contributed by atoms with E-state index in [0.717, 1.165) is 50.8 Å². The fraction of sp³-hybridized carbons (Fsp3) is 0.114. The summed E-state index contributed by atoms with van der Waals surface area (Å²) < 4.78 is 0. The van der Waals surface area contributed by atoms with Gasteiger partial charge < -0.3 is 20.3 Å². The molecule has 0 saturated heterocycles. The molecule has 43 heavy (non-hydrogen) atoms. The van der Waals surface area contributed by atoms with Crippen LogP contribution in [0.1, 0.15) is 55.6 Å². The third-order valence-corrected chi connectivity index (χ3v) is 8.74. The van der Waals surface area contributed by atoms with Crippen LogP contribution in [0.25, 0.3) is 22.2 Å². The highest BCUT2D eigenvalue weighted by Gasteiger charge is 2.40. The van der Waals surface area contributed by atoms with Gasteiger partial charge in [0.15, 0.2) is 0 Å². The van der Waals surface area contributed by atoms with E-state index in [1.807, 2.05) is 73.8 Å². The number of aromatic nitrogens is 1. The van der Waals surface area contributed by atoms with Crippen molar-refractivity contribution >= 4 is 62.9 Å². The maximum absolute atomic E-state index is 14.1. The molecule has 2 unspecified atom stereocenters. The van der Waals surface area contributed by atoms with E-state index >= 15 is 0 Å². The van der Waals surface area contributed by atoms with Crippen molar-refractivity contribution in [1.29, 1.82) is 0 Å². The normalized spacial score (nSPS) is 18.6. The monoisotopic (exact) mass is 605 g/mol. The molecule has 2 atom stereocenters. The Bertz CT molecular complexity index is 2010. The van der Waals surface area contributed by atoms with E-state index in [2.05, 4.69) is 27.0 Å². The first kappa shape index (κ1) is 27.1. The van der Waals surface area contributed by atoms with Crippen LogP contribution in [-0.2, 0) is 0 Å². The summed E-state index contributed by atoms with van der Waals surface area (Å²) in [5, 5.41) is 14.7.